The molecule has 0 heterocycles. The summed E-state index contributed by atoms with van der Waals surface area (Å²) in [6.45, 7) is 17.8. The maximum Gasteiger partial charge on any atom is 0.335 e. The third-order valence-electron chi connectivity index (χ3n) is 2.38. The molecule has 0 radical (unpaired) electrons. The molecule has 0 fully saturated rings. The van der Waals surface area contributed by atoms with Crippen LogP contribution in [0.4, 0.5) is 0 Å². The predicted molar refractivity (Wildman–Crippen MR) is 81.5 cm³/mol. The van der Waals surface area contributed by atoms with E-state index in [4.69, 9.17) is 19.2 Å². The fourth-order valence-corrected chi connectivity index (χ4v) is 2.01. The molecule has 0 rings (SSSR count). The van der Waals surface area contributed by atoms with Crippen molar-refractivity contribution < 1.29 is 24.0 Å². The second-order valence-electron chi connectivity index (χ2n) is 6.95. The van der Waals surface area contributed by atoms with Gasteiger partial charge in [-0.15, -0.1) is 0 Å². The molecule has 0 aromatic carbocycles. The van der Waals surface area contributed by atoms with Crippen LogP contribution in [-0.4, -0.2) is 31.1 Å². The highest BCUT2D eigenvalue weighted by atomic mass is 17.2. The van der Waals surface area contributed by atoms with Crippen LogP contribution < -0.4 is 0 Å². The van der Waals surface area contributed by atoms with E-state index in [1.165, 1.54) is 0 Å². The van der Waals surface area contributed by atoms with E-state index >= 15 is 0 Å². The molecule has 0 aromatic rings. The molecule has 124 valence electrons. The van der Waals surface area contributed by atoms with Gasteiger partial charge in [0.2, 0.25) is 0 Å². The summed E-state index contributed by atoms with van der Waals surface area (Å²) in [5, 5.41) is 0. The summed E-state index contributed by atoms with van der Waals surface area (Å²) in [5.74, 6) is -0.531. The Labute approximate surface area is 128 Å². The smallest absolute Gasteiger partial charge is 0.335 e. The third kappa shape index (κ3) is 10.5. The van der Waals surface area contributed by atoms with Crippen molar-refractivity contribution in [2.75, 3.05) is 13.2 Å². The molecule has 0 aromatic heterocycles. The highest BCUT2D eigenvalue weighted by Crippen LogP contribution is 2.29. The van der Waals surface area contributed by atoms with Crippen LogP contribution in [0.15, 0.2) is 12.2 Å². The zero-order valence-corrected chi connectivity index (χ0v) is 14.4. The maximum absolute atomic E-state index is 11.6. The van der Waals surface area contributed by atoms with E-state index in [9.17, 15) is 4.79 Å². The van der Waals surface area contributed by atoms with Gasteiger partial charge in [-0.2, -0.15) is 4.89 Å². The van der Waals surface area contributed by atoms with Gasteiger partial charge in [-0.25, -0.2) is 9.68 Å². The van der Waals surface area contributed by atoms with Gasteiger partial charge in [-0.3, -0.25) is 0 Å². The minimum absolute atomic E-state index is 0.0939. The molecule has 0 aliphatic carbocycles. The van der Waals surface area contributed by atoms with E-state index in [1.54, 1.807) is 6.92 Å². The minimum atomic E-state index is -0.909. The normalized spacial score (nSPS) is 13.9. The lowest BCUT2D eigenvalue weighted by Gasteiger charge is -2.32. The average Bonchev–Trinajstić information content (AvgIpc) is 2.29. The summed E-state index contributed by atoms with van der Waals surface area (Å²) in [6, 6.07) is 0. The van der Waals surface area contributed by atoms with Gasteiger partial charge >= 0.3 is 5.97 Å². The highest BCUT2D eigenvalue weighted by Gasteiger charge is 2.29. The van der Waals surface area contributed by atoms with Crippen molar-refractivity contribution in [3.63, 3.8) is 0 Å². The average molecular weight is 302 g/mol. The number of esters is 1. The summed E-state index contributed by atoms with van der Waals surface area (Å²) in [7, 11) is 0. The summed E-state index contributed by atoms with van der Waals surface area (Å²) in [6.07, 6.45) is -0.121. The fourth-order valence-electron chi connectivity index (χ4n) is 2.01. The number of hydrogen-bond donors (Lipinski definition) is 0. The lowest BCUT2D eigenvalue weighted by Crippen LogP contribution is -2.35. The Hall–Kier alpha value is -0.910. The van der Waals surface area contributed by atoms with Crippen molar-refractivity contribution in [2.45, 2.75) is 66.8 Å². The largest absolute Gasteiger partial charge is 0.427 e. The third-order valence-corrected chi connectivity index (χ3v) is 2.38. The number of rotatable bonds is 9. The van der Waals surface area contributed by atoms with E-state index in [-0.39, 0.29) is 12.0 Å². The Kier molecular flexibility index (Phi) is 8.14. The molecule has 0 bridgehead atoms. The predicted octanol–water partition coefficient (Wildman–Crippen LogP) is 3.63. The maximum atomic E-state index is 11.6. The summed E-state index contributed by atoms with van der Waals surface area (Å²) in [4.78, 5) is 22.3. The van der Waals surface area contributed by atoms with Crippen molar-refractivity contribution >= 4 is 5.97 Å². The van der Waals surface area contributed by atoms with Crippen LogP contribution in [0.2, 0.25) is 0 Å². The second kappa shape index (κ2) is 8.51. The number of hydrogen-bond acceptors (Lipinski definition) is 5. The van der Waals surface area contributed by atoms with Crippen molar-refractivity contribution in [1.29, 1.82) is 0 Å². The Bertz CT molecular complexity index is 341. The first-order chi connectivity index (χ1) is 9.47. The molecule has 5 heteroatoms. The summed E-state index contributed by atoms with van der Waals surface area (Å²) >= 11 is 0. The van der Waals surface area contributed by atoms with Gasteiger partial charge in [-0.1, -0.05) is 27.4 Å². The van der Waals surface area contributed by atoms with Crippen molar-refractivity contribution in [2.24, 2.45) is 5.41 Å². The van der Waals surface area contributed by atoms with E-state index in [2.05, 4.69) is 27.4 Å². The van der Waals surface area contributed by atoms with Crippen molar-refractivity contribution in [1.82, 2.24) is 0 Å². The monoisotopic (exact) mass is 302 g/mol. The van der Waals surface area contributed by atoms with Gasteiger partial charge in [0.1, 0.15) is 6.61 Å². The minimum Gasteiger partial charge on any atom is -0.427 e. The van der Waals surface area contributed by atoms with Crippen LogP contribution >= 0.6 is 0 Å². The summed E-state index contributed by atoms with van der Waals surface area (Å²) < 4.78 is 10.4. The fraction of sp³-hybridized carbons (Fsp3) is 0.812. The first kappa shape index (κ1) is 20.1. The van der Waals surface area contributed by atoms with Crippen LogP contribution in [-0.2, 0) is 24.0 Å². The zero-order chi connectivity index (χ0) is 16.7. The zero-order valence-electron chi connectivity index (χ0n) is 14.4. The van der Waals surface area contributed by atoms with Gasteiger partial charge in [-0.05, 0) is 39.5 Å². The van der Waals surface area contributed by atoms with Gasteiger partial charge < -0.3 is 9.47 Å². The Morgan fingerprint density at radius 3 is 2.19 bits per heavy atom. The van der Waals surface area contributed by atoms with Gasteiger partial charge in [0.15, 0.2) is 0 Å². The molecule has 0 spiro atoms. The number of carbonyl (C=O) groups excluding carboxylic acids is 1. The molecule has 0 saturated carbocycles. The van der Waals surface area contributed by atoms with Gasteiger partial charge in [0, 0.05) is 12.2 Å². The molecular weight excluding hydrogens is 272 g/mol. The summed E-state index contributed by atoms with van der Waals surface area (Å²) in [5.41, 5.74) is -0.108. The molecule has 1 unspecified atom stereocenters. The standard InChI is InChI=1S/C16H30O5/c1-9-18-10-13(19-14(17)12(2)3)20-21-16(7,8)11-15(4,5)6/h13H,2,9-11H2,1,3-8H3. The number of carbonyl (C=O) groups is 1. The second-order valence-corrected chi connectivity index (χ2v) is 6.95. The van der Waals surface area contributed by atoms with Crippen LogP contribution in [0.3, 0.4) is 0 Å². The first-order valence-corrected chi connectivity index (χ1v) is 7.25. The lowest BCUT2D eigenvalue weighted by atomic mass is 9.84. The van der Waals surface area contributed by atoms with Crippen LogP contribution in [0.25, 0.3) is 0 Å². The topological polar surface area (TPSA) is 54.0 Å². The van der Waals surface area contributed by atoms with Crippen molar-refractivity contribution in [3.8, 4) is 0 Å². The highest BCUT2D eigenvalue weighted by molar-refractivity contribution is 5.87. The number of ether oxygens (including phenoxy) is 2. The molecule has 0 N–H and O–H groups in total. The van der Waals surface area contributed by atoms with Crippen LogP contribution in [0.5, 0.6) is 0 Å². The van der Waals surface area contributed by atoms with Gasteiger partial charge in [0.05, 0.1) is 5.60 Å². The van der Waals surface area contributed by atoms with E-state index < -0.39 is 17.9 Å². The molecule has 0 amide bonds. The Morgan fingerprint density at radius 1 is 1.19 bits per heavy atom. The molecule has 21 heavy (non-hydrogen) atoms. The molecule has 1 atom stereocenters. The van der Waals surface area contributed by atoms with Crippen molar-refractivity contribution in [3.05, 3.63) is 12.2 Å². The first-order valence-electron chi connectivity index (χ1n) is 7.25. The van der Waals surface area contributed by atoms with E-state index in [0.29, 0.717) is 12.2 Å². The molecule has 0 saturated heterocycles. The molecule has 0 aliphatic rings. The lowest BCUT2D eigenvalue weighted by molar-refractivity contribution is -0.419. The van der Waals surface area contributed by atoms with Crippen LogP contribution in [0.1, 0.15) is 54.9 Å². The molecule has 5 nitrogen and oxygen atoms in total. The SMILES string of the molecule is C=C(C)C(=O)OC(COCC)OOC(C)(C)CC(C)(C)C. The van der Waals surface area contributed by atoms with Crippen LogP contribution in [0, 0.1) is 5.41 Å². The molecule has 0 aliphatic heterocycles. The van der Waals surface area contributed by atoms with Gasteiger partial charge in [0.25, 0.3) is 6.29 Å². The van der Waals surface area contributed by atoms with E-state index in [0.717, 1.165) is 6.42 Å². The Balaban J connectivity index is 4.52. The molecular formula is C16H30O5. The quantitative estimate of drug-likeness (QED) is 0.214. The Morgan fingerprint density at radius 2 is 1.76 bits per heavy atom. The van der Waals surface area contributed by atoms with E-state index in [1.807, 2.05) is 20.8 Å².